The van der Waals surface area contributed by atoms with Gasteiger partial charge in [-0.2, -0.15) is 0 Å². The summed E-state index contributed by atoms with van der Waals surface area (Å²) in [6.07, 6.45) is 1.40. The van der Waals surface area contributed by atoms with Crippen LogP contribution in [0.15, 0.2) is 48.5 Å². The predicted molar refractivity (Wildman–Crippen MR) is 113 cm³/mol. The molecule has 30 heavy (non-hydrogen) atoms. The second kappa shape index (κ2) is 10.1. The van der Waals surface area contributed by atoms with Gasteiger partial charge in [-0.3, -0.25) is 9.59 Å². The molecule has 0 aromatic heterocycles. The van der Waals surface area contributed by atoms with E-state index in [1.807, 2.05) is 0 Å². The van der Waals surface area contributed by atoms with Crippen molar-refractivity contribution in [2.75, 3.05) is 30.3 Å². The number of nitrogens with zero attached hydrogens (tertiary/aromatic N) is 1. The van der Waals surface area contributed by atoms with E-state index in [2.05, 4.69) is 16.0 Å². The molecule has 0 aliphatic carbocycles. The van der Waals surface area contributed by atoms with Crippen LogP contribution in [0.5, 0.6) is 0 Å². The first-order valence-electron chi connectivity index (χ1n) is 9.57. The van der Waals surface area contributed by atoms with Crippen molar-refractivity contribution in [2.24, 2.45) is 5.92 Å². The van der Waals surface area contributed by atoms with Crippen molar-refractivity contribution in [3.63, 3.8) is 0 Å². The van der Waals surface area contributed by atoms with Crippen LogP contribution in [0.1, 0.15) is 12.8 Å². The summed E-state index contributed by atoms with van der Waals surface area (Å²) in [5, 5.41) is 8.33. The third-order valence-corrected chi connectivity index (χ3v) is 5.07. The minimum Gasteiger partial charge on any atom is -0.348 e. The first kappa shape index (κ1) is 21.6. The second-order valence-corrected chi connectivity index (χ2v) is 7.48. The molecule has 9 heteroatoms. The average Bonchev–Trinajstić information content (AvgIpc) is 2.74. The molecule has 3 N–H and O–H groups in total. The van der Waals surface area contributed by atoms with Gasteiger partial charge in [0.15, 0.2) is 0 Å². The molecule has 0 unspecified atom stereocenters. The van der Waals surface area contributed by atoms with E-state index in [0.717, 1.165) is 0 Å². The summed E-state index contributed by atoms with van der Waals surface area (Å²) in [7, 11) is 0. The molecule has 7 nitrogen and oxygen atoms in total. The minimum atomic E-state index is -0.756. The van der Waals surface area contributed by atoms with Gasteiger partial charge in [0.1, 0.15) is 5.82 Å². The van der Waals surface area contributed by atoms with Crippen LogP contribution >= 0.6 is 11.6 Å². The Labute approximate surface area is 178 Å². The van der Waals surface area contributed by atoms with Gasteiger partial charge in [-0.1, -0.05) is 17.7 Å². The largest absolute Gasteiger partial charge is 0.348 e. The van der Waals surface area contributed by atoms with E-state index in [-0.39, 0.29) is 17.8 Å². The third-order valence-electron chi connectivity index (χ3n) is 4.84. The van der Waals surface area contributed by atoms with Crippen LogP contribution in [0, 0.1) is 11.7 Å². The van der Waals surface area contributed by atoms with Crippen molar-refractivity contribution in [3.8, 4) is 0 Å². The standard InChI is InChI=1S/C21H22ClFN4O3/c22-15-2-1-3-18(12-15)25-20(29)19(28)24-13-14-8-10-27(11-9-14)21(30)26-17-6-4-16(23)5-7-17/h1-7,12,14H,8-11,13H2,(H,24,28)(H,25,29)(H,26,30). The number of amides is 4. The molecule has 1 aliphatic rings. The van der Waals surface area contributed by atoms with Crippen LogP contribution in [-0.4, -0.2) is 42.4 Å². The molecule has 0 atom stereocenters. The first-order chi connectivity index (χ1) is 14.4. The fourth-order valence-corrected chi connectivity index (χ4v) is 3.34. The van der Waals surface area contributed by atoms with E-state index >= 15 is 0 Å². The van der Waals surface area contributed by atoms with E-state index in [9.17, 15) is 18.8 Å². The Hall–Kier alpha value is -3.13. The summed E-state index contributed by atoms with van der Waals surface area (Å²) in [4.78, 5) is 38.0. The number of piperidine rings is 1. The number of benzene rings is 2. The van der Waals surface area contributed by atoms with Crippen molar-refractivity contribution >= 4 is 40.8 Å². The normalized spacial score (nSPS) is 14.1. The Morgan fingerprint density at radius 3 is 2.33 bits per heavy atom. The summed E-state index contributed by atoms with van der Waals surface area (Å²) in [6.45, 7) is 1.42. The molecule has 0 bridgehead atoms. The van der Waals surface area contributed by atoms with Crippen LogP contribution in [-0.2, 0) is 9.59 Å². The van der Waals surface area contributed by atoms with E-state index in [4.69, 9.17) is 11.6 Å². The van der Waals surface area contributed by atoms with E-state index in [1.165, 1.54) is 24.3 Å². The highest BCUT2D eigenvalue weighted by Crippen LogP contribution is 2.18. The number of rotatable bonds is 4. The molecule has 4 amide bonds. The van der Waals surface area contributed by atoms with Crippen LogP contribution in [0.3, 0.4) is 0 Å². The molecule has 1 fully saturated rings. The maximum atomic E-state index is 12.9. The summed E-state index contributed by atoms with van der Waals surface area (Å²) < 4.78 is 12.9. The zero-order valence-corrected chi connectivity index (χ0v) is 16.9. The number of hydrogen-bond acceptors (Lipinski definition) is 3. The SMILES string of the molecule is O=C(NCC1CCN(C(=O)Nc2ccc(F)cc2)CC1)C(=O)Nc1cccc(Cl)c1. The summed E-state index contributed by atoms with van der Waals surface area (Å²) in [6, 6.07) is 11.9. The zero-order chi connectivity index (χ0) is 21.5. The summed E-state index contributed by atoms with van der Waals surface area (Å²) >= 11 is 5.86. The molecule has 0 saturated carbocycles. The van der Waals surface area contributed by atoms with Crippen LogP contribution in [0.2, 0.25) is 5.02 Å². The number of anilines is 2. The Morgan fingerprint density at radius 2 is 1.67 bits per heavy atom. The summed E-state index contributed by atoms with van der Waals surface area (Å²) in [5.74, 6) is -1.67. The Balaban J connectivity index is 1.38. The molecule has 2 aromatic carbocycles. The van der Waals surface area contributed by atoms with Gasteiger partial charge < -0.3 is 20.9 Å². The highest BCUT2D eigenvalue weighted by Gasteiger charge is 2.24. The number of carbonyl (C=O) groups excluding carboxylic acids is 3. The van der Waals surface area contributed by atoms with Crippen molar-refractivity contribution in [1.29, 1.82) is 0 Å². The van der Waals surface area contributed by atoms with Gasteiger partial charge in [-0.15, -0.1) is 0 Å². The maximum absolute atomic E-state index is 12.9. The number of halogens is 2. The van der Waals surface area contributed by atoms with Gasteiger partial charge >= 0.3 is 17.8 Å². The quantitative estimate of drug-likeness (QED) is 0.646. The molecule has 0 radical (unpaired) electrons. The number of likely N-dealkylation sites (tertiary alicyclic amines) is 1. The Bertz CT molecular complexity index is 915. The molecule has 158 valence electrons. The Morgan fingerprint density at radius 1 is 0.967 bits per heavy atom. The summed E-state index contributed by atoms with van der Waals surface area (Å²) in [5.41, 5.74) is 0.977. The third kappa shape index (κ3) is 6.18. The van der Waals surface area contributed by atoms with Gasteiger partial charge in [0.2, 0.25) is 0 Å². The zero-order valence-electron chi connectivity index (χ0n) is 16.2. The maximum Gasteiger partial charge on any atom is 0.321 e. The van der Waals surface area contributed by atoms with Gasteiger partial charge in [-0.05, 0) is 61.2 Å². The van der Waals surface area contributed by atoms with Gasteiger partial charge in [0.25, 0.3) is 0 Å². The molecular weight excluding hydrogens is 411 g/mol. The van der Waals surface area contributed by atoms with Crippen molar-refractivity contribution in [3.05, 3.63) is 59.4 Å². The molecule has 3 rings (SSSR count). The van der Waals surface area contributed by atoms with Crippen LogP contribution in [0.25, 0.3) is 0 Å². The van der Waals surface area contributed by atoms with E-state index in [0.29, 0.717) is 48.9 Å². The molecule has 1 saturated heterocycles. The number of urea groups is 1. The fraction of sp³-hybridized carbons (Fsp3) is 0.286. The number of carbonyl (C=O) groups is 3. The van der Waals surface area contributed by atoms with Crippen molar-refractivity contribution in [1.82, 2.24) is 10.2 Å². The smallest absolute Gasteiger partial charge is 0.321 e. The van der Waals surface area contributed by atoms with Gasteiger partial charge in [-0.25, -0.2) is 9.18 Å². The van der Waals surface area contributed by atoms with Gasteiger partial charge in [0.05, 0.1) is 0 Å². The average molecular weight is 433 g/mol. The molecule has 2 aromatic rings. The van der Waals surface area contributed by atoms with Crippen molar-refractivity contribution in [2.45, 2.75) is 12.8 Å². The van der Waals surface area contributed by atoms with E-state index < -0.39 is 11.8 Å². The fourth-order valence-electron chi connectivity index (χ4n) is 3.15. The lowest BCUT2D eigenvalue weighted by atomic mass is 9.97. The first-order valence-corrected chi connectivity index (χ1v) is 9.95. The highest BCUT2D eigenvalue weighted by molar-refractivity contribution is 6.39. The Kier molecular flexibility index (Phi) is 7.24. The van der Waals surface area contributed by atoms with Crippen molar-refractivity contribution < 1.29 is 18.8 Å². The predicted octanol–water partition coefficient (Wildman–Crippen LogP) is 3.48. The minimum absolute atomic E-state index is 0.169. The molecule has 1 aliphatic heterocycles. The topological polar surface area (TPSA) is 90.5 Å². The lowest BCUT2D eigenvalue weighted by Gasteiger charge is -2.32. The number of hydrogen-bond donors (Lipinski definition) is 3. The molecule has 1 heterocycles. The van der Waals surface area contributed by atoms with Crippen LogP contribution in [0.4, 0.5) is 20.6 Å². The highest BCUT2D eigenvalue weighted by atomic mass is 35.5. The second-order valence-electron chi connectivity index (χ2n) is 7.04. The molecular formula is C21H22ClFN4O3. The van der Waals surface area contributed by atoms with E-state index in [1.54, 1.807) is 29.2 Å². The van der Waals surface area contributed by atoms with Crippen LogP contribution < -0.4 is 16.0 Å². The lowest BCUT2D eigenvalue weighted by Crippen LogP contribution is -2.44. The molecule has 0 spiro atoms. The number of nitrogens with one attached hydrogen (secondary N) is 3. The van der Waals surface area contributed by atoms with Gasteiger partial charge in [0, 0.05) is 36.0 Å². The lowest BCUT2D eigenvalue weighted by molar-refractivity contribution is -0.136. The monoisotopic (exact) mass is 432 g/mol.